The third-order valence-electron chi connectivity index (χ3n) is 2.95. The fourth-order valence-electron chi connectivity index (χ4n) is 1.66. The van der Waals surface area contributed by atoms with Gasteiger partial charge in [-0.1, -0.05) is 19.1 Å². The monoisotopic (exact) mass is 264 g/mol. The summed E-state index contributed by atoms with van der Waals surface area (Å²) < 4.78 is 5.52. The number of benzene rings is 1. The number of hydrogen-bond donors (Lipinski definition) is 2. The average molecular weight is 264 g/mol. The lowest BCUT2D eigenvalue weighted by Crippen LogP contribution is -2.30. The Balaban J connectivity index is 2.13. The molecule has 0 bridgehead atoms. The van der Waals surface area contributed by atoms with Gasteiger partial charge in [0.2, 0.25) is 5.91 Å². The zero-order chi connectivity index (χ0) is 14.1. The highest BCUT2D eigenvalue weighted by Gasteiger charge is 2.03. The SMILES string of the molecule is CCC(N)CCNC(=O)CCOc1cccc(C)c1. The van der Waals surface area contributed by atoms with E-state index in [1.807, 2.05) is 38.1 Å². The van der Waals surface area contributed by atoms with Gasteiger partial charge in [0.05, 0.1) is 13.0 Å². The molecule has 1 unspecified atom stereocenters. The lowest BCUT2D eigenvalue weighted by atomic mass is 10.2. The van der Waals surface area contributed by atoms with Gasteiger partial charge >= 0.3 is 0 Å². The first-order chi connectivity index (χ1) is 9.11. The Kier molecular flexibility index (Phi) is 6.97. The van der Waals surface area contributed by atoms with Crippen molar-refractivity contribution in [2.45, 2.75) is 39.2 Å². The van der Waals surface area contributed by atoms with Crippen LogP contribution in [0.25, 0.3) is 0 Å². The van der Waals surface area contributed by atoms with Crippen molar-refractivity contribution in [3.05, 3.63) is 29.8 Å². The van der Waals surface area contributed by atoms with Crippen LogP contribution in [0.15, 0.2) is 24.3 Å². The summed E-state index contributed by atoms with van der Waals surface area (Å²) in [6.07, 6.45) is 2.13. The predicted molar refractivity (Wildman–Crippen MR) is 77.2 cm³/mol. The lowest BCUT2D eigenvalue weighted by Gasteiger charge is -2.10. The first kappa shape index (κ1) is 15.5. The highest BCUT2D eigenvalue weighted by Crippen LogP contribution is 2.12. The number of nitrogens with one attached hydrogen (secondary N) is 1. The molecule has 19 heavy (non-hydrogen) atoms. The Morgan fingerprint density at radius 2 is 2.26 bits per heavy atom. The van der Waals surface area contributed by atoms with Gasteiger partial charge in [-0.2, -0.15) is 0 Å². The quantitative estimate of drug-likeness (QED) is 0.755. The van der Waals surface area contributed by atoms with Gasteiger partial charge in [0.1, 0.15) is 5.75 Å². The second-order valence-electron chi connectivity index (χ2n) is 4.72. The van der Waals surface area contributed by atoms with E-state index in [1.165, 1.54) is 0 Å². The van der Waals surface area contributed by atoms with Crippen LogP contribution in [-0.2, 0) is 4.79 Å². The molecular weight excluding hydrogens is 240 g/mol. The van der Waals surface area contributed by atoms with Crippen molar-refractivity contribution in [3.63, 3.8) is 0 Å². The molecule has 4 heteroatoms. The Labute approximate surface area is 115 Å². The van der Waals surface area contributed by atoms with Gasteiger partial charge in [0.15, 0.2) is 0 Å². The maximum absolute atomic E-state index is 11.5. The minimum absolute atomic E-state index is 0.0101. The summed E-state index contributed by atoms with van der Waals surface area (Å²) >= 11 is 0. The van der Waals surface area contributed by atoms with E-state index in [1.54, 1.807) is 0 Å². The van der Waals surface area contributed by atoms with Crippen LogP contribution in [0.4, 0.5) is 0 Å². The van der Waals surface area contributed by atoms with Crippen molar-refractivity contribution >= 4 is 5.91 Å². The maximum atomic E-state index is 11.5. The molecule has 0 aromatic heterocycles. The van der Waals surface area contributed by atoms with Crippen molar-refractivity contribution < 1.29 is 9.53 Å². The summed E-state index contributed by atoms with van der Waals surface area (Å²) in [5, 5.41) is 2.85. The summed E-state index contributed by atoms with van der Waals surface area (Å²) in [5.41, 5.74) is 6.92. The van der Waals surface area contributed by atoms with E-state index in [0.717, 1.165) is 24.2 Å². The first-order valence-corrected chi connectivity index (χ1v) is 6.83. The molecule has 1 rings (SSSR count). The lowest BCUT2D eigenvalue weighted by molar-refractivity contribution is -0.121. The van der Waals surface area contributed by atoms with E-state index in [4.69, 9.17) is 10.5 Å². The fraction of sp³-hybridized carbons (Fsp3) is 0.533. The Morgan fingerprint density at radius 1 is 1.47 bits per heavy atom. The van der Waals surface area contributed by atoms with E-state index in [-0.39, 0.29) is 11.9 Å². The van der Waals surface area contributed by atoms with Gasteiger partial charge in [0.25, 0.3) is 0 Å². The van der Waals surface area contributed by atoms with Crippen molar-refractivity contribution in [2.75, 3.05) is 13.2 Å². The zero-order valence-electron chi connectivity index (χ0n) is 11.8. The standard InChI is InChI=1S/C15H24N2O2/c1-3-13(16)7-9-17-15(18)8-10-19-14-6-4-5-12(2)11-14/h4-6,11,13H,3,7-10,16H2,1-2H3,(H,17,18). The van der Waals surface area contributed by atoms with Crippen LogP contribution in [0.5, 0.6) is 5.75 Å². The molecular formula is C15H24N2O2. The summed E-state index contributed by atoms with van der Waals surface area (Å²) in [4.78, 5) is 11.5. The molecule has 0 saturated heterocycles. The van der Waals surface area contributed by atoms with Crippen molar-refractivity contribution in [3.8, 4) is 5.75 Å². The molecule has 1 atom stereocenters. The maximum Gasteiger partial charge on any atom is 0.223 e. The number of hydrogen-bond acceptors (Lipinski definition) is 3. The van der Waals surface area contributed by atoms with Crippen LogP contribution in [0.1, 0.15) is 31.7 Å². The van der Waals surface area contributed by atoms with Gasteiger partial charge < -0.3 is 15.8 Å². The van der Waals surface area contributed by atoms with Crippen LogP contribution in [-0.4, -0.2) is 25.1 Å². The fourth-order valence-corrected chi connectivity index (χ4v) is 1.66. The minimum atomic E-state index is 0.0101. The topological polar surface area (TPSA) is 64.3 Å². The van der Waals surface area contributed by atoms with E-state index in [0.29, 0.717) is 19.6 Å². The van der Waals surface area contributed by atoms with Gasteiger partial charge in [-0.25, -0.2) is 0 Å². The van der Waals surface area contributed by atoms with Gasteiger partial charge in [0, 0.05) is 12.6 Å². The van der Waals surface area contributed by atoms with E-state index in [2.05, 4.69) is 5.32 Å². The molecule has 1 aromatic rings. The summed E-state index contributed by atoms with van der Waals surface area (Å²) in [7, 11) is 0. The zero-order valence-corrected chi connectivity index (χ0v) is 11.8. The summed E-state index contributed by atoms with van der Waals surface area (Å²) in [6, 6.07) is 7.97. The van der Waals surface area contributed by atoms with E-state index < -0.39 is 0 Å². The Bertz CT molecular complexity index is 393. The summed E-state index contributed by atoms with van der Waals surface area (Å²) in [5.74, 6) is 0.816. The highest BCUT2D eigenvalue weighted by atomic mass is 16.5. The number of carbonyl (C=O) groups excluding carboxylic acids is 1. The third kappa shape index (κ3) is 6.82. The van der Waals surface area contributed by atoms with E-state index >= 15 is 0 Å². The number of ether oxygens (including phenoxy) is 1. The number of nitrogens with two attached hydrogens (primary N) is 1. The van der Waals surface area contributed by atoms with Crippen molar-refractivity contribution in [2.24, 2.45) is 5.73 Å². The second kappa shape index (κ2) is 8.53. The number of aryl methyl sites for hydroxylation is 1. The minimum Gasteiger partial charge on any atom is -0.493 e. The molecule has 0 fully saturated rings. The molecule has 4 nitrogen and oxygen atoms in total. The Hall–Kier alpha value is -1.55. The van der Waals surface area contributed by atoms with Gasteiger partial charge in [-0.3, -0.25) is 4.79 Å². The first-order valence-electron chi connectivity index (χ1n) is 6.83. The smallest absolute Gasteiger partial charge is 0.223 e. The van der Waals surface area contributed by atoms with Crippen LogP contribution in [0, 0.1) is 6.92 Å². The third-order valence-corrected chi connectivity index (χ3v) is 2.95. The molecule has 0 heterocycles. The number of rotatable bonds is 8. The second-order valence-corrected chi connectivity index (χ2v) is 4.72. The van der Waals surface area contributed by atoms with Crippen molar-refractivity contribution in [1.82, 2.24) is 5.32 Å². The molecule has 0 saturated carbocycles. The van der Waals surface area contributed by atoms with Crippen LogP contribution in [0.2, 0.25) is 0 Å². The molecule has 0 aliphatic rings. The molecule has 0 aliphatic heterocycles. The molecule has 0 aliphatic carbocycles. The molecule has 0 spiro atoms. The normalized spacial score (nSPS) is 11.9. The largest absolute Gasteiger partial charge is 0.493 e. The van der Waals surface area contributed by atoms with E-state index in [9.17, 15) is 4.79 Å². The van der Waals surface area contributed by atoms with Crippen molar-refractivity contribution in [1.29, 1.82) is 0 Å². The molecule has 106 valence electrons. The molecule has 1 amide bonds. The van der Waals surface area contributed by atoms with Crippen LogP contribution in [0.3, 0.4) is 0 Å². The molecule has 1 aromatic carbocycles. The predicted octanol–water partition coefficient (Wildman–Crippen LogP) is 2.01. The van der Waals surface area contributed by atoms with Gasteiger partial charge in [-0.05, 0) is 37.5 Å². The molecule has 0 radical (unpaired) electrons. The summed E-state index contributed by atoms with van der Waals surface area (Å²) in [6.45, 7) is 5.09. The average Bonchev–Trinajstić information content (AvgIpc) is 2.38. The van der Waals surface area contributed by atoms with Gasteiger partial charge in [-0.15, -0.1) is 0 Å². The van der Waals surface area contributed by atoms with Crippen LogP contribution < -0.4 is 15.8 Å². The number of carbonyl (C=O) groups is 1. The highest BCUT2D eigenvalue weighted by molar-refractivity contribution is 5.75. The Morgan fingerprint density at radius 3 is 2.95 bits per heavy atom. The number of amides is 1. The van der Waals surface area contributed by atoms with Crippen LogP contribution >= 0.6 is 0 Å². The molecule has 3 N–H and O–H groups in total.